The lowest BCUT2D eigenvalue weighted by atomic mass is 9.90. The quantitative estimate of drug-likeness (QED) is 0.789. The molecule has 6 heteroatoms. The normalized spacial score (nSPS) is 20.5. The summed E-state index contributed by atoms with van der Waals surface area (Å²) in [5, 5.41) is 2.90. The summed E-state index contributed by atoms with van der Waals surface area (Å²) in [6.45, 7) is 10.1. The van der Waals surface area contributed by atoms with Gasteiger partial charge >= 0.3 is 0 Å². The smallest absolute Gasteiger partial charge is 0.253 e. The maximum absolute atomic E-state index is 12.4. The molecule has 6 nitrogen and oxygen atoms in total. The number of benzene rings is 1. The average molecular weight is 346 g/mol. The van der Waals surface area contributed by atoms with Gasteiger partial charge in [-0.25, -0.2) is 0 Å². The highest BCUT2D eigenvalue weighted by Gasteiger charge is 2.33. The molecule has 2 rings (SSSR count). The molecule has 138 valence electrons. The van der Waals surface area contributed by atoms with Crippen LogP contribution >= 0.6 is 0 Å². The molecule has 1 atom stereocenters. The van der Waals surface area contributed by atoms with Crippen LogP contribution in [0.25, 0.3) is 0 Å². The van der Waals surface area contributed by atoms with Gasteiger partial charge in [-0.05, 0) is 57.0 Å². The summed E-state index contributed by atoms with van der Waals surface area (Å²) in [4.78, 5) is 28.6. The van der Waals surface area contributed by atoms with Crippen LogP contribution < -0.4 is 11.1 Å². The van der Waals surface area contributed by atoms with Crippen LogP contribution in [0.2, 0.25) is 0 Å². The van der Waals surface area contributed by atoms with Crippen LogP contribution in [0.5, 0.6) is 0 Å². The van der Waals surface area contributed by atoms with Crippen molar-refractivity contribution in [2.24, 2.45) is 11.1 Å². The number of amides is 2. The van der Waals surface area contributed by atoms with E-state index in [1.807, 2.05) is 19.9 Å². The number of carbonyl (C=O) groups is 2. The summed E-state index contributed by atoms with van der Waals surface area (Å²) < 4.78 is 0. The molecule has 1 aliphatic rings. The minimum absolute atomic E-state index is 0.0145. The van der Waals surface area contributed by atoms with Crippen LogP contribution in [-0.4, -0.2) is 60.9 Å². The van der Waals surface area contributed by atoms with Gasteiger partial charge in [-0.15, -0.1) is 0 Å². The Morgan fingerprint density at radius 2 is 2.04 bits per heavy atom. The van der Waals surface area contributed by atoms with Crippen molar-refractivity contribution < 1.29 is 9.59 Å². The number of rotatable bonds is 7. The first-order valence-electron chi connectivity index (χ1n) is 9.02. The van der Waals surface area contributed by atoms with Gasteiger partial charge in [0.15, 0.2) is 0 Å². The molecule has 0 radical (unpaired) electrons. The lowest BCUT2D eigenvalue weighted by Gasteiger charge is -2.22. The second-order valence-electron chi connectivity index (χ2n) is 7.08. The Hall–Kier alpha value is -1.92. The van der Waals surface area contributed by atoms with Gasteiger partial charge in [-0.2, -0.15) is 0 Å². The second-order valence-corrected chi connectivity index (χ2v) is 7.08. The first-order valence-corrected chi connectivity index (χ1v) is 9.02. The zero-order valence-electron chi connectivity index (χ0n) is 15.5. The number of nitrogens with one attached hydrogen (secondary N) is 1. The molecule has 0 aromatic heterocycles. The molecule has 1 aliphatic heterocycles. The SMILES string of the molecule is CCN(CC)C(=O)c1cccc(NC(=O)CN2CCC(C)(CN)C2)c1. The highest BCUT2D eigenvalue weighted by molar-refractivity contribution is 5.97. The van der Waals surface area contributed by atoms with Crippen LogP contribution in [0.15, 0.2) is 24.3 Å². The standard InChI is InChI=1S/C19H30N4O2/c1-4-23(5-2)18(25)15-7-6-8-16(11-15)21-17(24)12-22-10-9-19(3,13-20)14-22/h6-8,11H,4-5,9-10,12-14,20H2,1-3H3,(H,21,24). The van der Waals surface area contributed by atoms with Crippen molar-refractivity contribution in [3.63, 3.8) is 0 Å². The number of anilines is 1. The van der Waals surface area contributed by atoms with Gasteiger partial charge in [0.25, 0.3) is 5.91 Å². The Morgan fingerprint density at radius 3 is 2.64 bits per heavy atom. The first-order chi connectivity index (χ1) is 11.9. The van der Waals surface area contributed by atoms with E-state index in [0.29, 0.717) is 37.4 Å². The predicted molar refractivity (Wildman–Crippen MR) is 101 cm³/mol. The van der Waals surface area contributed by atoms with Crippen LogP contribution in [0.3, 0.4) is 0 Å². The minimum Gasteiger partial charge on any atom is -0.339 e. The Kier molecular flexibility index (Phi) is 6.56. The van der Waals surface area contributed by atoms with E-state index in [1.54, 1.807) is 23.1 Å². The molecule has 1 heterocycles. The van der Waals surface area contributed by atoms with Gasteiger partial charge in [-0.3, -0.25) is 14.5 Å². The molecule has 0 spiro atoms. The third kappa shape index (κ3) is 5.03. The van der Waals surface area contributed by atoms with E-state index in [-0.39, 0.29) is 17.2 Å². The maximum atomic E-state index is 12.4. The molecular weight excluding hydrogens is 316 g/mol. The largest absolute Gasteiger partial charge is 0.339 e. The summed E-state index contributed by atoms with van der Waals surface area (Å²) in [6.07, 6.45) is 1.02. The van der Waals surface area contributed by atoms with Crippen molar-refractivity contribution in [3.8, 4) is 0 Å². The van der Waals surface area contributed by atoms with E-state index >= 15 is 0 Å². The first kappa shape index (κ1) is 19.4. The van der Waals surface area contributed by atoms with Gasteiger partial charge in [-0.1, -0.05) is 13.0 Å². The average Bonchev–Trinajstić information content (AvgIpc) is 2.97. The molecule has 1 fully saturated rings. The van der Waals surface area contributed by atoms with Gasteiger partial charge in [0, 0.05) is 30.9 Å². The number of likely N-dealkylation sites (tertiary alicyclic amines) is 1. The number of nitrogens with zero attached hydrogens (tertiary/aromatic N) is 2. The third-order valence-electron chi connectivity index (χ3n) is 4.94. The van der Waals surface area contributed by atoms with Crippen LogP contribution in [0.1, 0.15) is 37.6 Å². The highest BCUT2D eigenvalue weighted by atomic mass is 16.2. The lowest BCUT2D eigenvalue weighted by Crippen LogP contribution is -2.35. The summed E-state index contributed by atoms with van der Waals surface area (Å²) in [6, 6.07) is 7.13. The number of nitrogens with two attached hydrogens (primary N) is 1. The molecule has 0 bridgehead atoms. The summed E-state index contributed by atoms with van der Waals surface area (Å²) in [5.41, 5.74) is 7.17. The predicted octanol–water partition coefficient (Wildman–Crippen LogP) is 1.78. The van der Waals surface area contributed by atoms with Crippen molar-refractivity contribution in [1.29, 1.82) is 0 Å². The molecule has 1 unspecified atom stereocenters. The zero-order chi connectivity index (χ0) is 18.4. The lowest BCUT2D eigenvalue weighted by molar-refractivity contribution is -0.117. The highest BCUT2D eigenvalue weighted by Crippen LogP contribution is 2.28. The van der Waals surface area contributed by atoms with Crippen molar-refractivity contribution in [3.05, 3.63) is 29.8 Å². The topological polar surface area (TPSA) is 78.7 Å². The Bertz CT molecular complexity index is 615. The van der Waals surface area contributed by atoms with Gasteiger partial charge in [0.1, 0.15) is 0 Å². The molecule has 1 aromatic carbocycles. The fourth-order valence-corrected chi connectivity index (χ4v) is 3.25. The second kappa shape index (κ2) is 8.45. The molecule has 1 aromatic rings. The van der Waals surface area contributed by atoms with Crippen molar-refractivity contribution in [1.82, 2.24) is 9.80 Å². The van der Waals surface area contributed by atoms with E-state index in [2.05, 4.69) is 17.1 Å². The Balaban J connectivity index is 1.95. The van der Waals surface area contributed by atoms with E-state index < -0.39 is 0 Å². The Labute approximate surface area is 150 Å². The van der Waals surface area contributed by atoms with Gasteiger partial charge in [0.2, 0.25) is 5.91 Å². The van der Waals surface area contributed by atoms with Crippen molar-refractivity contribution >= 4 is 17.5 Å². The number of hydrogen-bond acceptors (Lipinski definition) is 4. The zero-order valence-corrected chi connectivity index (χ0v) is 15.5. The van der Waals surface area contributed by atoms with Gasteiger partial charge in [0.05, 0.1) is 6.54 Å². The minimum atomic E-state index is -0.0614. The molecular formula is C19H30N4O2. The molecule has 25 heavy (non-hydrogen) atoms. The summed E-state index contributed by atoms with van der Waals surface area (Å²) >= 11 is 0. The molecule has 2 amide bonds. The van der Waals surface area contributed by atoms with Crippen molar-refractivity contribution in [2.45, 2.75) is 27.2 Å². The summed E-state index contributed by atoms with van der Waals surface area (Å²) in [5.74, 6) is -0.0759. The molecule has 0 aliphatic carbocycles. The van der Waals surface area contributed by atoms with Crippen LogP contribution in [0.4, 0.5) is 5.69 Å². The summed E-state index contributed by atoms with van der Waals surface area (Å²) in [7, 11) is 0. The number of carbonyl (C=O) groups excluding carboxylic acids is 2. The van der Waals surface area contributed by atoms with Crippen LogP contribution in [-0.2, 0) is 4.79 Å². The monoisotopic (exact) mass is 346 g/mol. The molecule has 1 saturated heterocycles. The van der Waals surface area contributed by atoms with E-state index in [9.17, 15) is 9.59 Å². The van der Waals surface area contributed by atoms with Crippen LogP contribution in [0, 0.1) is 5.41 Å². The molecule has 0 saturated carbocycles. The third-order valence-corrected chi connectivity index (χ3v) is 4.94. The molecule has 3 N–H and O–H groups in total. The van der Waals surface area contributed by atoms with E-state index in [0.717, 1.165) is 19.5 Å². The van der Waals surface area contributed by atoms with Gasteiger partial charge < -0.3 is 16.0 Å². The fraction of sp³-hybridized carbons (Fsp3) is 0.579. The van der Waals surface area contributed by atoms with Crippen molar-refractivity contribution in [2.75, 3.05) is 44.6 Å². The fourth-order valence-electron chi connectivity index (χ4n) is 3.25. The maximum Gasteiger partial charge on any atom is 0.253 e. The Morgan fingerprint density at radius 1 is 1.32 bits per heavy atom. The van der Waals surface area contributed by atoms with E-state index in [4.69, 9.17) is 5.73 Å². The number of hydrogen-bond donors (Lipinski definition) is 2. The van der Waals surface area contributed by atoms with E-state index in [1.165, 1.54) is 0 Å².